The van der Waals surface area contributed by atoms with Crippen LogP contribution in [-0.4, -0.2) is 23.8 Å². The molecule has 1 fully saturated rings. The van der Waals surface area contributed by atoms with Gasteiger partial charge in [0, 0.05) is 6.61 Å². The van der Waals surface area contributed by atoms with Crippen molar-refractivity contribution in [3.8, 4) is 0 Å². The van der Waals surface area contributed by atoms with E-state index in [2.05, 4.69) is 0 Å². The Morgan fingerprint density at radius 3 is 2.90 bits per heavy atom. The summed E-state index contributed by atoms with van der Waals surface area (Å²) >= 11 is 0. The Bertz CT molecular complexity index is 127. The van der Waals surface area contributed by atoms with Crippen molar-refractivity contribution in [1.29, 1.82) is 0 Å². The molecule has 0 radical (unpaired) electrons. The molecular weight excluding hydrogens is 132 g/mol. The van der Waals surface area contributed by atoms with E-state index in [1.807, 2.05) is 0 Å². The molecule has 1 heterocycles. The van der Waals surface area contributed by atoms with Crippen LogP contribution < -0.4 is 0 Å². The molecule has 0 amide bonds. The number of carboxylic acids is 1. The first-order chi connectivity index (χ1) is 4.72. The topological polar surface area (TPSA) is 46.5 Å². The lowest BCUT2D eigenvalue weighted by molar-refractivity contribution is -0.145. The monoisotopic (exact) mass is 144 g/mol. The fourth-order valence-corrected chi connectivity index (χ4v) is 1.16. The molecule has 0 spiro atoms. The predicted octanol–water partition coefficient (Wildman–Crippen LogP) is 0.886. The smallest absolute Gasteiger partial charge is 0.308 e. The van der Waals surface area contributed by atoms with Gasteiger partial charge in [-0.05, 0) is 19.8 Å². The van der Waals surface area contributed by atoms with Crippen LogP contribution in [0.1, 0.15) is 19.8 Å². The fourth-order valence-electron chi connectivity index (χ4n) is 1.16. The minimum atomic E-state index is -0.757. The highest BCUT2D eigenvalue weighted by atomic mass is 16.5. The van der Waals surface area contributed by atoms with E-state index in [0.29, 0.717) is 0 Å². The summed E-state index contributed by atoms with van der Waals surface area (Å²) in [5.74, 6) is -1.10. The number of hydrogen-bond acceptors (Lipinski definition) is 2. The van der Waals surface area contributed by atoms with Crippen LogP contribution in [0.3, 0.4) is 0 Å². The van der Waals surface area contributed by atoms with Gasteiger partial charge in [0.15, 0.2) is 0 Å². The van der Waals surface area contributed by atoms with Crippen molar-refractivity contribution >= 4 is 5.97 Å². The Balaban J connectivity index is 2.39. The van der Waals surface area contributed by atoms with E-state index in [9.17, 15) is 4.79 Å². The normalized spacial score (nSPS) is 28.3. The molecule has 0 saturated carbocycles. The number of hydrogen-bond donors (Lipinski definition) is 1. The maximum absolute atomic E-state index is 10.4. The van der Waals surface area contributed by atoms with E-state index in [1.54, 1.807) is 6.92 Å². The molecule has 1 N–H and O–H groups in total. The largest absolute Gasteiger partial charge is 0.481 e. The molecule has 2 atom stereocenters. The average molecular weight is 144 g/mol. The number of ether oxygens (including phenoxy) is 1. The summed E-state index contributed by atoms with van der Waals surface area (Å²) in [4.78, 5) is 10.4. The SMILES string of the molecule is C[C@@H](C(=O)O)[C@H]1CCCO1. The second-order valence-corrected chi connectivity index (χ2v) is 2.68. The maximum Gasteiger partial charge on any atom is 0.308 e. The number of aliphatic carboxylic acids is 1. The molecule has 1 rings (SSSR count). The molecule has 1 aliphatic heterocycles. The molecule has 0 aromatic carbocycles. The van der Waals surface area contributed by atoms with Crippen molar-refractivity contribution in [3.05, 3.63) is 0 Å². The number of carboxylic acid groups (broad SMARTS) is 1. The summed E-state index contributed by atoms with van der Waals surface area (Å²) in [5.41, 5.74) is 0. The summed E-state index contributed by atoms with van der Waals surface area (Å²) in [5, 5.41) is 8.56. The van der Waals surface area contributed by atoms with Gasteiger partial charge in [-0.3, -0.25) is 4.79 Å². The molecule has 0 aromatic rings. The van der Waals surface area contributed by atoms with Crippen molar-refractivity contribution < 1.29 is 14.6 Å². The molecule has 3 nitrogen and oxygen atoms in total. The molecule has 0 aromatic heterocycles. The molecular formula is C7H12O3. The van der Waals surface area contributed by atoms with Gasteiger partial charge < -0.3 is 9.84 Å². The quantitative estimate of drug-likeness (QED) is 0.626. The van der Waals surface area contributed by atoms with Crippen LogP contribution in [0.4, 0.5) is 0 Å². The molecule has 3 heteroatoms. The van der Waals surface area contributed by atoms with Crippen LogP contribution in [-0.2, 0) is 9.53 Å². The second kappa shape index (κ2) is 3.01. The lowest BCUT2D eigenvalue weighted by atomic mass is 10.0. The van der Waals surface area contributed by atoms with Gasteiger partial charge in [-0.2, -0.15) is 0 Å². The van der Waals surface area contributed by atoms with Crippen molar-refractivity contribution in [2.75, 3.05) is 6.61 Å². The first-order valence-corrected chi connectivity index (χ1v) is 3.56. The molecule has 1 saturated heterocycles. The van der Waals surface area contributed by atoms with Crippen LogP contribution in [0.25, 0.3) is 0 Å². The van der Waals surface area contributed by atoms with Crippen molar-refractivity contribution in [2.45, 2.75) is 25.9 Å². The third-order valence-electron chi connectivity index (χ3n) is 1.91. The van der Waals surface area contributed by atoms with Gasteiger partial charge >= 0.3 is 5.97 Å². The van der Waals surface area contributed by atoms with E-state index >= 15 is 0 Å². The number of rotatable bonds is 2. The van der Waals surface area contributed by atoms with Crippen LogP contribution in [0.2, 0.25) is 0 Å². The van der Waals surface area contributed by atoms with Crippen LogP contribution in [0, 0.1) is 5.92 Å². The van der Waals surface area contributed by atoms with E-state index in [4.69, 9.17) is 9.84 Å². The van der Waals surface area contributed by atoms with Gasteiger partial charge in [0.1, 0.15) is 0 Å². The highest BCUT2D eigenvalue weighted by Gasteiger charge is 2.26. The van der Waals surface area contributed by atoms with Gasteiger partial charge in [0.2, 0.25) is 0 Å². The second-order valence-electron chi connectivity index (χ2n) is 2.68. The molecule has 10 heavy (non-hydrogen) atoms. The third-order valence-corrected chi connectivity index (χ3v) is 1.91. The zero-order chi connectivity index (χ0) is 7.56. The zero-order valence-electron chi connectivity index (χ0n) is 6.04. The van der Waals surface area contributed by atoms with Crippen LogP contribution >= 0.6 is 0 Å². The van der Waals surface area contributed by atoms with Gasteiger partial charge in [-0.25, -0.2) is 0 Å². The zero-order valence-corrected chi connectivity index (χ0v) is 6.04. The summed E-state index contributed by atoms with van der Waals surface area (Å²) in [6, 6.07) is 0. The Kier molecular flexibility index (Phi) is 2.27. The maximum atomic E-state index is 10.4. The van der Waals surface area contributed by atoms with Crippen LogP contribution in [0.15, 0.2) is 0 Å². The highest BCUT2D eigenvalue weighted by molar-refractivity contribution is 5.70. The summed E-state index contributed by atoms with van der Waals surface area (Å²) in [6.45, 7) is 2.42. The minimum Gasteiger partial charge on any atom is -0.481 e. The lowest BCUT2D eigenvalue weighted by Crippen LogP contribution is -2.24. The molecule has 58 valence electrons. The van der Waals surface area contributed by atoms with Gasteiger partial charge in [0.25, 0.3) is 0 Å². The summed E-state index contributed by atoms with van der Waals surface area (Å²) in [6.07, 6.45) is 1.85. The Hall–Kier alpha value is -0.570. The average Bonchev–Trinajstić information content (AvgIpc) is 2.36. The first-order valence-electron chi connectivity index (χ1n) is 3.56. The summed E-state index contributed by atoms with van der Waals surface area (Å²) < 4.78 is 5.20. The highest BCUT2D eigenvalue weighted by Crippen LogP contribution is 2.19. The Morgan fingerprint density at radius 2 is 2.50 bits per heavy atom. The van der Waals surface area contributed by atoms with E-state index in [1.165, 1.54) is 0 Å². The Morgan fingerprint density at radius 1 is 1.80 bits per heavy atom. The van der Waals surface area contributed by atoms with E-state index in [0.717, 1.165) is 19.4 Å². The minimum absolute atomic E-state index is 0.0440. The molecule has 0 unspecified atom stereocenters. The standard InChI is InChI=1S/C7H12O3/c1-5(7(8)9)6-3-2-4-10-6/h5-6H,2-4H2,1H3,(H,8,9)/t5-,6-/m1/s1. The third kappa shape index (κ3) is 1.48. The van der Waals surface area contributed by atoms with E-state index < -0.39 is 5.97 Å². The van der Waals surface area contributed by atoms with Gasteiger partial charge in [-0.15, -0.1) is 0 Å². The van der Waals surface area contributed by atoms with Crippen molar-refractivity contribution in [2.24, 2.45) is 5.92 Å². The number of carbonyl (C=O) groups is 1. The molecule has 0 bridgehead atoms. The van der Waals surface area contributed by atoms with Crippen LogP contribution in [0.5, 0.6) is 0 Å². The first kappa shape index (κ1) is 7.54. The van der Waals surface area contributed by atoms with Crippen molar-refractivity contribution in [1.82, 2.24) is 0 Å². The molecule has 0 aliphatic carbocycles. The van der Waals surface area contributed by atoms with Crippen molar-refractivity contribution in [3.63, 3.8) is 0 Å². The predicted molar refractivity (Wildman–Crippen MR) is 35.8 cm³/mol. The van der Waals surface area contributed by atoms with Gasteiger partial charge in [0.05, 0.1) is 12.0 Å². The van der Waals surface area contributed by atoms with E-state index in [-0.39, 0.29) is 12.0 Å². The molecule has 1 aliphatic rings. The fraction of sp³-hybridized carbons (Fsp3) is 0.857. The van der Waals surface area contributed by atoms with Gasteiger partial charge in [-0.1, -0.05) is 0 Å². The summed E-state index contributed by atoms with van der Waals surface area (Å²) in [7, 11) is 0. The lowest BCUT2D eigenvalue weighted by Gasteiger charge is -2.12. The Labute approximate surface area is 60.0 Å².